The molecule has 3 unspecified atom stereocenters. The van der Waals surface area contributed by atoms with Crippen molar-refractivity contribution in [3.63, 3.8) is 0 Å². The highest BCUT2D eigenvalue weighted by atomic mass is 32.2. The van der Waals surface area contributed by atoms with Crippen molar-refractivity contribution >= 4 is 10.0 Å². The topological polar surface area (TPSA) is 58.2 Å². The van der Waals surface area contributed by atoms with Gasteiger partial charge in [-0.1, -0.05) is 6.92 Å². The van der Waals surface area contributed by atoms with Crippen LogP contribution in [0.1, 0.15) is 39.0 Å². The van der Waals surface area contributed by atoms with Crippen LogP contribution in [0, 0.1) is 5.92 Å². The van der Waals surface area contributed by atoms with Gasteiger partial charge in [0, 0.05) is 12.6 Å². The summed E-state index contributed by atoms with van der Waals surface area (Å²) < 4.78 is 27.1. The smallest absolute Gasteiger partial charge is 0.215 e. The molecule has 1 aliphatic heterocycles. The van der Waals surface area contributed by atoms with E-state index in [4.69, 9.17) is 0 Å². The predicted molar refractivity (Wildman–Crippen MR) is 64.8 cm³/mol. The minimum Gasteiger partial charge on any atom is -0.315 e. The van der Waals surface area contributed by atoms with Crippen LogP contribution in [0.5, 0.6) is 0 Å². The monoisotopic (exact) mass is 246 g/mol. The van der Waals surface area contributed by atoms with Crippen molar-refractivity contribution < 1.29 is 8.42 Å². The summed E-state index contributed by atoms with van der Waals surface area (Å²) in [6.45, 7) is 3.75. The Balaban J connectivity index is 1.91. The lowest BCUT2D eigenvalue weighted by Gasteiger charge is -2.24. The Bertz CT molecular complexity index is 323. The minimum atomic E-state index is -3.10. The van der Waals surface area contributed by atoms with E-state index in [-0.39, 0.29) is 11.3 Å². The van der Waals surface area contributed by atoms with Gasteiger partial charge in [0.15, 0.2) is 0 Å². The zero-order chi connectivity index (χ0) is 11.6. The molecule has 0 radical (unpaired) electrons. The van der Waals surface area contributed by atoms with Crippen LogP contribution in [0.4, 0.5) is 0 Å². The van der Waals surface area contributed by atoms with Gasteiger partial charge in [0.1, 0.15) is 0 Å². The summed E-state index contributed by atoms with van der Waals surface area (Å²) in [5.41, 5.74) is 0. The summed E-state index contributed by atoms with van der Waals surface area (Å²) in [4.78, 5) is 0. The van der Waals surface area contributed by atoms with Gasteiger partial charge in [-0.15, -0.1) is 0 Å². The highest BCUT2D eigenvalue weighted by molar-refractivity contribution is 7.90. The van der Waals surface area contributed by atoms with Crippen LogP contribution in [0.3, 0.4) is 0 Å². The summed E-state index contributed by atoms with van der Waals surface area (Å²) in [5.74, 6) is 0.664. The Hall–Kier alpha value is -0.130. The maximum atomic E-state index is 12.1. The van der Waals surface area contributed by atoms with Crippen molar-refractivity contribution in [2.24, 2.45) is 5.92 Å². The van der Waals surface area contributed by atoms with Crippen LogP contribution in [-0.2, 0) is 10.0 Å². The molecule has 16 heavy (non-hydrogen) atoms. The fourth-order valence-electron chi connectivity index (χ4n) is 2.73. The van der Waals surface area contributed by atoms with Crippen molar-refractivity contribution in [2.75, 3.05) is 13.1 Å². The Labute approximate surface area is 98.2 Å². The maximum absolute atomic E-state index is 12.1. The van der Waals surface area contributed by atoms with Crippen LogP contribution in [0.2, 0.25) is 0 Å². The quantitative estimate of drug-likeness (QED) is 0.776. The lowest BCUT2D eigenvalue weighted by Crippen LogP contribution is -2.46. The summed E-state index contributed by atoms with van der Waals surface area (Å²) in [7, 11) is -3.10. The van der Waals surface area contributed by atoms with E-state index in [1.54, 1.807) is 0 Å². The second-order valence-electron chi connectivity index (χ2n) is 5.25. The lowest BCUT2D eigenvalue weighted by atomic mass is 10.1. The largest absolute Gasteiger partial charge is 0.315 e. The molecule has 0 spiro atoms. The normalized spacial score (nSPS) is 36.4. The Morgan fingerprint density at radius 3 is 2.62 bits per heavy atom. The third-order valence-electron chi connectivity index (χ3n) is 3.72. The molecule has 1 aliphatic carbocycles. The SMILES string of the molecule is CC1CCC(NS(=O)(=O)C2CCCNC2)C1. The molecule has 0 aromatic heterocycles. The Morgan fingerprint density at radius 2 is 2.06 bits per heavy atom. The predicted octanol–water partition coefficient (Wildman–Crippen LogP) is 0.846. The fourth-order valence-corrected chi connectivity index (χ4v) is 4.41. The van der Waals surface area contributed by atoms with E-state index < -0.39 is 10.0 Å². The van der Waals surface area contributed by atoms with Crippen LogP contribution in [-0.4, -0.2) is 32.8 Å². The van der Waals surface area contributed by atoms with Gasteiger partial charge >= 0.3 is 0 Å². The van der Waals surface area contributed by atoms with Crippen molar-refractivity contribution in [1.29, 1.82) is 0 Å². The summed E-state index contributed by atoms with van der Waals surface area (Å²) >= 11 is 0. The number of piperidine rings is 1. The first kappa shape index (κ1) is 12.3. The van der Waals surface area contributed by atoms with Gasteiger partial charge in [0.2, 0.25) is 10.0 Å². The molecule has 94 valence electrons. The standard InChI is InChI=1S/C11H22N2O2S/c1-9-4-5-10(7-9)13-16(14,15)11-3-2-6-12-8-11/h9-13H,2-8H2,1H3. The Morgan fingerprint density at radius 1 is 1.25 bits per heavy atom. The van der Waals surface area contributed by atoms with Crippen molar-refractivity contribution in [3.8, 4) is 0 Å². The number of nitrogens with one attached hydrogen (secondary N) is 2. The molecular weight excluding hydrogens is 224 g/mol. The van der Waals surface area contributed by atoms with Gasteiger partial charge in [-0.2, -0.15) is 0 Å². The highest BCUT2D eigenvalue weighted by Gasteiger charge is 2.31. The molecule has 0 aromatic rings. The molecule has 0 amide bonds. The van der Waals surface area contributed by atoms with E-state index in [9.17, 15) is 8.42 Å². The molecule has 0 aromatic carbocycles. The van der Waals surface area contributed by atoms with Gasteiger partial charge in [-0.05, 0) is 44.6 Å². The van der Waals surface area contributed by atoms with E-state index in [1.807, 2.05) is 0 Å². The molecule has 1 saturated carbocycles. The van der Waals surface area contributed by atoms with Crippen molar-refractivity contribution in [2.45, 2.75) is 50.3 Å². The lowest BCUT2D eigenvalue weighted by molar-refractivity contribution is 0.478. The number of hydrogen-bond acceptors (Lipinski definition) is 3. The van der Waals surface area contributed by atoms with E-state index in [2.05, 4.69) is 17.0 Å². The Kier molecular flexibility index (Phi) is 3.87. The summed E-state index contributed by atoms with van der Waals surface area (Å²) in [6, 6.07) is 0.182. The van der Waals surface area contributed by atoms with Gasteiger partial charge < -0.3 is 5.32 Å². The number of sulfonamides is 1. The molecule has 1 heterocycles. The molecule has 2 N–H and O–H groups in total. The third-order valence-corrected chi connectivity index (χ3v) is 5.66. The zero-order valence-corrected chi connectivity index (χ0v) is 10.7. The van der Waals surface area contributed by atoms with Crippen LogP contribution in [0.15, 0.2) is 0 Å². The first-order valence-corrected chi connectivity index (χ1v) is 7.84. The second kappa shape index (κ2) is 5.02. The van der Waals surface area contributed by atoms with Crippen molar-refractivity contribution in [3.05, 3.63) is 0 Å². The highest BCUT2D eigenvalue weighted by Crippen LogP contribution is 2.25. The van der Waals surface area contributed by atoms with E-state index >= 15 is 0 Å². The molecule has 0 bridgehead atoms. The molecule has 4 nitrogen and oxygen atoms in total. The van der Waals surface area contributed by atoms with Crippen LogP contribution >= 0.6 is 0 Å². The van der Waals surface area contributed by atoms with E-state index in [0.29, 0.717) is 12.5 Å². The van der Waals surface area contributed by atoms with E-state index in [1.165, 1.54) is 0 Å². The molecular formula is C11H22N2O2S. The molecule has 2 aliphatic rings. The summed E-state index contributed by atoms with van der Waals surface area (Å²) in [6.07, 6.45) is 4.91. The number of hydrogen-bond donors (Lipinski definition) is 2. The molecule has 5 heteroatoms. The third kappa shape index (κ3) is 2.96. The maximum Gasteiger partial charge on any atom is 0.215 e. The molecule has 3 atom stereocenters. The second-order valence-corrected chi connectivity index (χ2v) is 7.24. The first-order chi connectivity index (χ1) is 7.58. The zero-order valence-electron chi connectivity index (χ0n) is 9.91. The number of rotatable bonds is 3. The average molecular weight is 246 g/mol. The van der Waals surface area contributed by atoms with Gasteiger partial charge in [-0.3, -0.25) is 0 Å². The average Bonchev–Trinajstić information content (AvgIpc) is 2.64. The van der Waals surface area contributed by atoms with E-state index in [0.717, 1.165) is 38.6 Å². The fraction of sp³-hybridized carbons (Fsp3) is 1.00. The molecule has 2 fully saturated rings. The molecule has 2 rings (SSSR count). The van der Waals surface area contributed by atoms with Crippen LogP contribution in [0.25, 0.3) is 0 Å². The van der Waals surface area contributed by atoms with Crippen LogP contribution < -0.4 is 10.0 Å². The summed E-state index contributed by atoms with van der Waals surface area (Å²) in [5, 5.41) is 2.93. The van der Waals surface area contributed by atoms with Gasteiger partial charge in [0.25, 0.3) is 0 Å². The minimum absolute atomic E-state index is 0.182. The molecule has 1 saturated heterocycles. The van der Waals surface area contributed by atoms with Gasteiger partial charge in [0.05, 0.1) is 5.25 Å². The van der Waals surface area contributed by atoms with Gasteiger partial charge in [-0.25, -0.2) is 13.1 Å². The van der Waals surface area contributed by atoms with Crippen molar-refractivity contribution in [1.82, 2.24) is 10.0 Å². The first-order valence-electron chi connectivity index (χ1n) is 6.30.